The Balaban J connectivity index is 1.68. The van der Waals surface area contributed by atoms with Gasteiger partial charge in [0.2, 0.25) is 0 Å². The van der Waals surface area contributed by atoms with E-state index in [1.54, 1.807) is 0 Å². The maximum absolute atomic E-state index is 2.86. The standard InChI is InChI=1S/C24H38Si3/c1-25(2)21-15-17-11-7-9-13-19(17)23(21)26(3,4)27(5,6)24-20-14-10-8-12-18(20)16-22(24)25/h7-14,17-24H,15-16H2,1-6H3. The molecule has 8 unspecified atom stereocenters. The third kappa shape index (κ3) is 2.31. The van der Waals surface area contributed by atoms with Gasteiger partial charge in [-0.15, -0.1) is 0 Å². The highest BCUT2D eigenvalue weighted by Gasteiger charge is 2.69. The molecule has 4 aliphatic carbocycles. The van der Waals surface area contributed by atoms with E-state index in [-0.39, 0.29) is 0 Å². The highest BCUT2D eigenvalue weighted by atomic mass is 29.3. The summed E-state index contributed by atoms with van der Waals surface area (Å²) in [5.74, 6) is 3.45. The quantitative estimate of drug-likeness (QED) is 0.370. The Hall–Kier alpha value is -0.389. The van der Waals surface area contributed by atoms with E-state index in [1.807, 2.05) is 0 Å². The molecule has 0 aromatic heterocycles. The van der Waals surface area contributed by atoms with Crippen LogP contribution in [-0.2, 0) is 0 Å². The van der Waals surface area contributed by atoms with Crippen molar-refractivity contribution in [2.75, 3.05) is 0 Å². The molecule has 3 heteroatoms. The summed E-state index contributed by atoms with van der Waals surface area (Å²) in [6, 6.07) is 0. The van der Waals surface area contributed by atoms with Gasteiger partial charge in [-0.2, -0.15) is 0 Å². The molecule has 2 saturated carbocycles. The van der Waals surface area contributed by atoms with Crippen LogP contribution in [0.25, 0.3) is 0 Å². The summed E-state index contributed by atoms with van der Waals surface area (Å²) in [4.78, 5) is 0. The zero-order chi connectivity index (χ0) is 19.2. The minimum Gasteiger partial charge on any atom is -0.0809 e. The molecule has 0 spiro atoms. The van der Waals surface area contributed by atoms with Crippen molar-refractivity contribution in [1.29, 1.82) is 0 Å². The minimum atomic E-state index is -1.33. The van der Waals surface area contributed by atoms with Gasteiger partial charge in [-0.3, -0.25) is 0 Å². The third-order valence-electron chi connectivity index (χ3n) is 10.6. The van der Waals surface area contributed by atoms with E-state index in [2.05, 4.69) is 87.9 Å². The van der Waals surface area contributed by atoms with Gasteiger partial charge in [-0.1, -0.05) is 87.9 Å². The topological polar surface area (TPSA) is 0 Å². The van der Waals surface area contributed by atoms with Crippen molar-refractivity contribution in [1.82, 2.24) is 0 Å². The molecule has 0 nitrogen and oxygen atoms in total. The summed E-state index contributed by atoms with van der Waals surface area (Å²) in [6.45, 7) is 17.1. The van der Waals surface area contributed by atoms with Crippen LogP contribution in [0, 0.1) is 23.7 Å². The molecule has 1 saturated heterocycles. The molecule has 0 radical (unpaired) electrons. The van der Waals surface area contributed by atoms with Crippen LogP contribution in [0.2, 0.25) is 61.4 Å². The Bertz CT molecular complexity index is 692. The van der Waals surface area contributed by atoms with Gasteiger partial charge >= 0.3 is 0 Å². The Kier molecular flexibility index (Phi) is 4.02. The van der Waals surface area contributed by atoms with Crippen LogP contribution in [0.3, 0.4) is 0 Å². The van der Waals surface area contributed by atoms with Gasteiger partial charge in [0.15, 0.2) is 0 Å². The van der Waals surface area contributed by atoms with Gasteiger partial charge in [0, 0.05) is 15.2 Å². The Labute approximate surface area is 169 Å². The summed E-state index contributed by atoms with van der Waals surface area (Å²) in [7, 11) is -3.98. The van der Waals surface area contributed by atoms with E-state index in [4.69, 9.17) is 0 Å². The predicted molar refractivity (Wildman–Crippen MR) is 127 cm³/mol. The maximum Gasteiger partial charge on any atom is 0.0536 e. The molecule has 0 bridgehead atoms. The second-order valence-electron chi connectivity index (χ2n) is 12.0. The molecule has 27 heavy (non-hydrogen) atoms. The number of hydrogen-bond acceptors (Lipinski definition) is 0. The van der Waals surface area contributed by atoms with Crippen LogP contribution >= 0.6 is 0 Å². The molecule has 5 aliphatic rings. The van der Waals surface area contributed by atoms with Crippen molar-refractivity contribution in [3.8, 4) is 0 Å². The SMILES string of the molecule is C[Si]1(C)C2CC3C=CC=CC3C2[Si](C)(C)[Si](C)(C)C2C3C=CC=CC3CC21. The maximum atomic E-state index is 2.86. The second-order valence-corrected chi connectivity index (χ2v) is 33.1. The van der Waals surface area contributed by atoms with Crippen LogP contribution in [0.5, 0.6) is 0 Å². The van der Waals surface area contributed by atoms with Crippen molar-refractivity contribution in [2.45, 2.75) is 74.3 Å². The van der Waals surface area contributed by atoms with Crippen molar-refractivity contribution in [3.05, 3.63) is 48.6 Å². The Morgan fingerprint density at radius 1 is 0.556 bits per heavy atom. The van der Waals surface area contributed by atoms with Gasteiger partial charge in [0.1, 0.15) is 0 Å². The lowest BCUT2D eigenvalue weighted by Crippen LogP contribution is -2.61. The first-order valence-electron chi connectivity index (χ1n) is 11.4. The van der Waals surface area contributed by atoms with Crippen molar-refractivity contribution in [3.63, 3.8) is 0 Å². The normalized spacial score (nSPS) is 49.9. The number of rotatable bonds is 0. The zero-order valence-electron chi connectivity index (χ0n) is 18.2. The molecule has 0 aromatic carbocycles. The van der Waals surface area contributed by atoms with Gasteiger partial charge in [0.25, 0.3) is 0 Å². The van der Waals surface area contributed by atoms with Crippen molar-refractivity contribution in [2.24, 2.45) is 23.7 Å². The number of hydrogen-bond donors (Lipinski definition) is 0. The molecule has 0 N–H and O–H groups in total. The molecule has 1 aliphatic heterocycles. The summed E-state index contributed by atoms with van der Waals surface area (Å²) in [6.07, 6.45) is 22.9. The van der Waals surface area contributed by atoms with E-state index in [0.717, 1.165) is 45.8 Å². The van der Waals surface area contributed by atoms with Gasteiger partial charge in [-0.25, -0.2) is 0 Å². The fourth-order valence-electron chi connectivity index (χ4n) is 8.64. The van der Waals surface area contributed by atoms with E-state index in [1.165, 1.54) is 12.8 Å². The van der Waals surface area contributed by atoms with Crippen LogP contribution in [-0.4, -0.2) is 23.3 Å². The van der Waals surface area contributed by atoms with Gasteiger partial charge in [-0.05, 0) is 58.7 Å². The monoisotopic (exact) mass is 410 g/mol. The van der Waals surface area contributed by atoms with E-state index in [9.17, 15) is 0 Å². The Morgan fingerprint density at radius 2 is 0.926 bits per heavy atom. The summed E-state index contributed by atoms with van der Waals surface area (Å²) in [5, 5.41) is 0. The van der Waals surface area contributed by atoms with Crippen LogP contribution in [0.1, 0.15) is 12.8 Å². The molecule has 8 atom stereocenters. The predicted octanol–water partition coefficient (Wildman–Crippen LogP) is 7.21. The highest BCUT2D eigenvalue weighted by Crippen LogP contribution is 2.72. The van der Waals surface area contributed by atoms with Crippen LogP contribution < -0.4 is 0 Å². The zero-order valence-corrected chi connectivity index (χ0v) is 21.2. The lowest BCUT2D eigenvalue weighted by atomic mass is 9.92. The van der Waals surface area contributed by atoms with E-state index >= 15 is 0 Å². The molecule has 0 amide bonds. The summed E-state index contributed by atoms with van der Waals surface area (Å²) < 4.78 is 0. The van der Waals surface area contributed by atoms with Crippen molar-refractivity contribution < 1.29 is 0 Å². The molecule has 1 heterocycles. The molecule has 0 aromatic rings. The lowest BCUT2D eigenvalue weighted by Gasteiger charge is -2.50. The summed E-state index contributed by atoms with van der Waals surface area (Å²) in [5.41, 5.74) is 4.24. The van der Waals surface area contributed by atoms with E-state index in [0.29, 0.717) is 0 Å². The fraction of sp³-hybridized carbons (Fsp3) is 0.667. The minimum absolute atomic E-state index is 0.855. The Morgan fingerprint density at radius 3 is 1.33 bits per heavy atom. The first-order chi connectivity index (χ1) is 12.7. The van der Waals surface area contributed by atoms with Gasteiger partial charge < -0.3 is 0 Å². The van der Waals surface area contributed by atoms with Crippen LogP contribution in [0.4, 0.5) is 0 Å². The largest absolute Gasteiger partial charge is 0.0809 e. The van der Waals surface area contributed by atoms with E-state index < -0.39 is 23.3 Å². The number of allylic oxidation sites excluding steroid dienone is 8. The first-order valence-corrected chi connectivity index (χ1v) is 21.7. The van der Waals surface area contributed by atoms with Crippen molar-refractivity contribution >= 4 is 23.3 Å². The van der Waals surface area contributed by atoms with Crippen LogP contribution in [0.15, 0.2) is 48.6 Å². The average Bonchev–Trinajstić information content (AvgIpc) is 3.20. The van der Waals surface area contributed by atoms with Gasteiger partial charge in [0.05, 0.1) is 8.07 Å². The molecule has 5 rings (SSSR count). The second kappa shape index (κ2) is 5.82. The third-order valence-corrected chi connectivity index (χ3v) is 36.5. The lowest BCUT2D eigenvalue weighted by molar-refractivity contribution is 0.540. The summed E-state index contributed by atoms with van der Waals surface area (Å²) >= 11 is 0. The highest BCUT2D eigenvalue weighted by molar-refractivity contribution is 7.42. The smallest absolute Gasteiger partial charge is 0.0536 e. The fourth-order valence-corrected chi connectivity index (χ4v) is 33.5. The molecular weight excluding hydrogens is 373 g/mol. The molecular formula is C24H38Si3. The first kappa shape index (κ1) is 18.6. The molecule has 3 fully saturated rings. The molecule has 146 valence electrons. The number of fused-ring (bicyclic) bond motifs is 6. The average molecular weight is 411 g/mol.